The van der Waals surface area contributed by atoms with E-state index >= 15 is 0 Å². The molecule has 1 heterocycles. The second-order valence-electron chi connectivity index (χ2n) is 7.13. The molecule has 1 aromatic heterocycles. The summed E-state index contributed by atoms with van der Waals surface area (Å²) >= 11 is 0. The maximum absolute atomic E-state index is 12.5. The molecule has 4 rings (SSSR count). The number of amides is 1. The zero-order valence-electron chi connectivity index (χ0n) is 18.8. The van der Waals surface area contributed by atoms with Gasteiger partial charge in [0, 0.05) is 17.7 Å². The molecule has 0 radical (unpaired) electrons. The van der Waals surface area contributed by atoms with Crippen molar-refractivity contribution in [3.8, 4) is 40.1 Å². The third-order valence-electron chi connectivity index (χ3n) is 4.92. The van der Waals surface area contributed by atoms with Crippen LogP contribution in [0.3, 0.4) is 0 Å². The molecule has 0 unspecified atom stereocenters. The predicted octanol–water partition coefficient (Wildman–Crippen LogP) is 4.35. The van der Waals surface area contributed by atoms with E-state index in [0.717, 1.165) is 0 Å². The molecule has 0 saturated heterocycles. The molecular weight excluding hydrogens is 456 g/mol. The quantitative estimate of drug-likeness (QED) is 0.276. The van der Waals surface area contributed by atoms with E-state index in [4.69, 9.17) is 18.7 Å². The summed E-state index contributed by atoms with van der Waals surface area (Å²) in [5.41, 5.74) is 1.57. The van der Waals surface area contributed by atoms with Gasteiger partial charge in [0.1, 0.15) is 5.75 Å². The number of hydrogen-bond donors (Lipinski definition) is 1. The number of nitrogens with zero attached hydrogens (tertiary/aromatic N) is 3. The number of para-hydroxylation sites is 1. The van der Waals surface area contributed by atoms with Crippen molar-refractivity contribution in [3.05, 3.63) is 76.8 Å². The molecule has 0 saturated carbocycles. The van der Waals surface area contributed by atoms with Gasteiger partial charge in [0.2, 0.25) is 5.82 Å². The Labute approximate surface area is 199 Å². The van der Waals surface area contributed by atoms with Crippen molar-refractivity contribution in [1.82, 2.24) is 10.1 Å². The number of aromatic nitrogens is 2. The van der Waals surface area contributed by atoms with E-state index in [-0.39, 0.29) is 18.2 Å². The summed E-state index contributed by atoms with van der Waals surface area (Å²) in [4.78, 5) is 27.1. The van der Waals surface area contributed by atoms with Gasteiger partial charge in [-0.05, 0) is 42.5 Å². The number of carbonyl (C=O) groups excluding carboxylic acids is 1. The maximum Gasteiger partial charge on any atom is 0.269 e. The fraction of sp³-hybridized carbons (Fsp3) is 0.125. The lowest BCUT2D eigenvalue weighted by atomic mass is 10.1. The van der Waals surface area contributed by atoms with Crippen molar-refractivity contribution < 1.29 is 28.5 Å². The van der Waals surface area contributed by atoms with Crippen LogP contribution in [0.2, 0.25) is 0 Å². The first kappa shape index (κ1) is 23.2. The second kappa shape index (κ2) is 10.3. The largest absolute Gasteiger partial charge is 0.493 e. The van der Waals surface area contributed by atoms with Crippen LogP contribution in [0.25, 0.3) is 22.8 Å². The molecule has 1 amide bonds. The molecule has 178 valence electrons. The Kier molecular flexibility index (Phi) is 6.86. The van der Waals surface area contributed by atoms with E-state index in [1.54, 1.807) is 49.6 Å². The number of methoxy groups -OCH3 is 2. The Hall–Kier alpha value is -4.93. The van der Waals surface area contributed by atoms with Gasteiger partial charge in [-0.3, -0.25) is 14.9 Å². The number of carbonyl (C=O) groups is 1. The van der Waals surface area contributed by atoms with Crippen molar-refractivity contribution in [3.63, 3.8) is 0 Å². The lowest BCUT2D eigenvalue weighted by molar-refractivity contribution is -0.384. The fourth-order valence-electron chi connectivity index (χ4n) is 3.20. The summed E-state index contributed by atoms with van der Waals surface area (Å²) in [6.45, 7) is -0.299. The average molecular weight is 476 g/mol. The molecular formula is C24H20N4O7. The molecule has 0 aliphatic heterocycles. The minimum Gasteiger partial charge on any atom is -0.493 e. The first-order chi connectivity index (χ1) is 17.0. The average Bonchev–Trinajstić information content (AvgIpc) is 3.37. The van der Waals surface area contributed by atoms with Crippen molar-refractivity contribution in [2.24, 2.45) is 0 Å². The minimum atomic E-state index is -0.512. The highest BCUT2D eigenvalue weighted by atomic mass is 16.6. The smallest absolute Gasteiger partial charge is 0.269 e. The molecule has 0 aliphatic carbocycles. The third-order valence-corrected chi connectivity index (χ3v) is 4.92. The normalized spacial score (nSPS) is 10.5. The van der Waals surface area contributed by atoms with Gasteiger partial charge >= 0.3 is 0 Å². The monoisotopic (exact) mass is 476 g/mol. The number of benzene rings is 3. The molecule has 0 aliphatic rings. The van der Waals surface area contributed by atoms with Crippen LogP contribution in [0.5, 0.6) is 17.2 Å². The molecule has 11 heteroatoms. The van der Waals surface area contributed by atoms with Crippen LogP contribution < -0.4 is 19.5 Å². The minimum absolute atomic E-state index is 0.0669. The zero-order valence-corrected chi connectivity index (χ0v) is 18.8. The lowest BCUT2D eigenvalue weighted by Gasteiger charge is -2.09. The topological polar surface area (TPSA) is 139 Å². The molecule has 0 atom stereocenters. The Bertz CT molecular complexity index is 1350. The molecule has 1 N–H and O–H groups in total. The number of anilines is 1. The van der Waals surface area contributed by atoms with Crippen LogP contribution in [0.15, 0.2) is 71.3 Å². The number of hydrogen-bond acceptors (Lipinski definition) is 9. The van der Waals surface area contributed by atoms with Crippen molar-refractivity contribution >= 4 is 17.3 Å². The summed E-state index contributed by atoms with van der Waals surface area (Å²) in [6.07, 6.45) is 0. The van der Waals surface area contributed by atoms with Crippen molar-refractivity contribution in [2.45, 2.75) is 0 Å². The van der Waals surface area contributed by atoms with E-state index in [2.05, 4.69) is 15.5 Å². The fourth-order valence-corrected chi connectivity index (χ4v) is 3.20. The number of ether oxygens (including phenoxy) is 3. The highest BCUT2D eigenvalue weighted by Crippen LogP contribution is 2.33. The van der Waals surface area contributed by atoms with E-state index in [1.165, 1.54) is 31.4 Å². The number of nitrogens with one attached hydrogen (secondary N) is 1. The standard InChI is InChI=1S/C24H20N4O7/c1-32-20-12-7-15(13-21(20)33-2)23-26-24(35-27-23)18-5-3-4-6-19(18)25-22(29)14-34-17-10-8-16(9-11-17)28(30)31/h3-13H,14H2,1-2H3,(H,25,29). The third kappa shape index (κ3) is 5.36. The summed E-state index contributed by atoms with van der Waals surface area (Å²) in [5.74, 6) is 1.54. The van der Waals surface area contributed by atoms with Crippen LogP contribution >= 0.6 is 0 Å². The molecule has 0 fully saturated rings. The van der Waals surface area contributed by atoms with Crippen LogP contribution in [-0.4, -0.2) is 41.8 Å². The van der Waals surface area contributed by atoms with Crippen LogP contribution in [-0.2, 0) is 4.79 Å². The number of non-ortho nitro benzene ring substituents is 1. The van der Waals surface area contributed by atoms with Gasteiger partial charge in [-0.25, -0.2) is 0 Å². The number of rotatable bonds is 9. The predicted molar refractivity (Wildman–Crippen MR) is 125 cm³/mol. The molecule has 4 aromatic rings. The van der Waals surface area contributed by atoms with E-state index < -0.39 is 10.8 Å². The first-order valence-electron chi connectivity index (χ1n) is 10.3. The Morgan fingerprint density at radius 3 is 2.49 bits per heavy atom. The summed E-state index contributed by atoms with van der Waals surface area (Å²) in [7, 11) is 3.08. The van der Waals surface area contributed by atoms with Crippen LogP contribution in [0.1, 0.15) is 0 Å². The van der Waals surface area contributed by atoms with Gasteiger partial charge < -0.3 is 24.1 Å². The van der Waals surface area contributed by atoms with Crippen LogP contribution in [0, 0.1) is 10.1 Å². The van der Waals surface area contributed by atoms with Crippen LogP contribution in [0.4, 0.5) is 11.4 Å². The molecule has 0 bridgehead atoms. The van der Waals surface area contributed by atoms with E-state index in [9.17, 15) is 14.9 Å². The van der Waals surface area contributed by atoms with Gasteiger partial charge in [-0.2, -0.15) is 4.98 Å². The SMILES string of the molecule is COc1ccc(-c2noc(-c3ccccc3NC(=O)COc3ccc([N+](=O)[O-])cc3)n2)cc1OC. The van der Waals surface area contributed by atoms with E-state index in [0.29, 0.717) is 39.9 Å². The van der Waals surface area contributed by atoms with Gasteiger partial charge in [-0.15, -0.1) is 0 Å². The van der Waals surface area contributed by atoms with Gasteiger partial charge in [0.25, 0.3) is 17.5 Å². The Balaban J connectivity index is 1.47. The molecule has 11 nitrogen and oxygen atoms in total. The van der Waals surface area contributed by atoms with Gasteiger partial charge in [-0.1, -0.05) is 17.3 Å². The molecule has 35 heavy (non-hydrogen) atoms. The summed E-state index contributed by atoms with van der Waals surface area (Å²) < 4.78 is 21.4. The molecule has 3 aromatic carbocycles. The Morgan fingerprint density at radius 1 is 1.03 bits per heavy atom. The summed E-state index contributed by atoms with van der Waals surface area (Å²) in [5, 5.41) is 17.5. The number of nitro groups is 1. The van der Waals surface area contributed by atoms with Crippen molar-refractivity contribution in [1.29, 1.82) is 0 Å². The zero-order chi connectivity index (χ0) is 24.8. The summed E-state index contributed by atoms with van der Waals surface area (Å²) in [6, 6.07) is 17.7. The highest BCUT2D eigenvalue weighted by molar-refractivity contribution is 5.95. The molecule has 0 spiro atoms. The van der Waals surface area contributed by atoms with Gasteiger partial charge in [0.05, 0.1) is 30.4 Å². The Morgan fingerprint density at radius 2 is 1.77 bits per heavy atom. The van der Waals surface area contributed by atoms with Gasteiger partial charge in [0.15, 0.2) is 18.1 Å². The van der Waals surface area contributed by atoms with Crippen molar-refractivity contribution in [2.75, 3.05) is 26.1 Å². The highest BCUT2D eigenvalue weighted by Gasteiger charge is 2.17. The lowest BCUT2D eigenvalue weighted by Crippen LogP contribution is -2.20. The maximum atomic E-state index is 12.5. The second-order valence-corrected chi connectivity index (χ2v) is 7.13. The first-order valence-corrected chi connectivity index (χ1v) is 10.3. The van der Waals surface area contributed by atoms with E-state index in [1.807, 2.05) is 0 Å². The number of nitro benzene ring substituents is 1.